The molecule has 0 saturated carbocycles. The molecule has 0 N–H and O–H groups in total. The molecule has 2 heterocycles. The SMILES string of the molecule is Cc1cc(Cl)cc2sc(N(CCCN3CCOCC3)C(=O)c3ccccc3)nc12.Cl. The number of ether oxygens (including phenoxy) is 1. The van der Waals surface area contributed by atoms with Crippen molar-refractivity contribution in [3.05, 3.63) is 58.6 Å². The van der Waals surface area contributed by atoms with Crippen molar-refractivity contribution in [2.45, 2.75) is 13.3 Å². The molecule has 4 rings (SSSR count). The Bertz CT molecular complexity index is 991. The zero-order chi connectivity index (χ0) is 20.2. The van der Waals surface area contributed by atoms with Gasteiger partial charge in [0.15, 0.2) is 5.13 Å². The van der Waals surface area contributed by atoms with Crippen LogP contribution in [0.3, 0.4) is 0 Å². The number of fused-ring (bicyclic) bond motifs is 1. The van der Waals surface area contributed by atoms with Crippen LogP contribution in [-0.4, -0.2) is 55.2 Å². The third-order valence-electron chi connectivity index (χ3n) is 5.10. The van der Waals surface area contributed by atoms with Crippen LogP contribution in [0.4, 0.5) is 5.13 Å². The van der Waals surface area contributed by atoms with Gasteiger partial charge in [-0.05, 0) is 43.2 Å². The molecule has 0 spiro atoms. The molecule has 3 aromatic rings. The average Bonchev–Trinajstić information content (AvgIpc) is 3.16. The van der Waals surface area contributed by atoms with E-state index in [0.717, 1.165) is 60.2 Å². The summed E-state index contributed by atoms with van der Waals surface area (Å²) in [7, 11) is 0. The number of rotatable bonds is 6. The standard InChI is InChI=1S/C22H24ClN3O2S.ClH/c1-16-14-18(23)15-19-20(16)24-22(29-19)26(21(27)17-6-3-2-4-7-17)9-5-8-25-10-12-28-13-11-25;/h2-4,6-7,14-15H,5,8-13H2,1H3;1H. The summed E-state index contributed by atoms with van der Waals surface area (Å²) in [5, 5.41) is 1.42. The van der Waals surface area contributed by atoms with E-state index in [9.17, 15) is 4.79 Å². The number of halogens is 2. The lowest BCUT2D eigenvalue weighted by Gasteiger charge is -2.27. The molecule has 0 aliphatic carbocycles. The fourth-order valence-corrected chi connectivity index (χ4v) is 5.00. The Morgan fingerprint density at radius 3 is 2.70 bits per heavy atom. The van der Waals surface area contributed by atoms with E-state index < -0.39 is 0 Å². The molecular formula is C22H25Cl2N3O2S. The van der Waals surface area contributed by atoms with Gasteiger partial charge in [0, 0.05) is 36.8 Å². The number of nitrogens with zero attached hydrogens (tertiary/aromatic N) is 3. The second kappa shape index (κ2) is 10.6. The number of hydrogen-bond acceptors (Lipinski definition) is 5. The molecule has 8 heteroatoms. The van der Waals surface area contributed by atoms with Crippen LogP contribution in [0.2, 0.25) is 5.02 Å². The number of benzene rings is 2. The van der Waals surface area contributed by atoms with E-state index in [-0.39, 0.29) is 18.3 Å². The first kappa shape index (κ1) is 23.0. The van der Waals surface area contributed by atoms with E-state index in [4.69, 9.17) is 21.3 Å². The molecule has 30 heavy (non-hydrogen) atoms. The molecule has 5 nitrogen and oxygen atoms in total. The van der Waals surface area contributed by atoms with Crippen molar-refractivity contribution >= 4 is 56.6 Å². The molecule has 160 valence electrons. The molecule has 1 aliphatic heterocycles. The van der Waals surface area contributed by atoms with Gasteiger partial charge in [0.1, 0.15) is 0 Å². The molecule has 1 aromatic heterocycles. The minimum Gasteiger partial charge on any atom is -0.379 e. The number of amides is 1. The first-order valence-electron chi connectivity index (χ1n) is 9.85. The molecule has 1 amide bonds. The first-order valence-corrected chi connectivity index (χ1v) is 11.0. The Morgan fingerprint density at radius 2 is 1.97 bits per heavy atom. The summed E-state index contributed by atoms with van der Waals surface area (Å²) in [5.41, 5.74) is 2.61. The minimum absolute atomic E-state index is 0. The van der Waals surface area contributed by atoms with Crippen molar-refractivity contribution in [1.82, 2.24) is 9.88 Å². The second-order valence-corrected chi connectivity index (χ2v) is 8.64. The number of anilines is 1. The van der Waals surface area contributed by atoms with Gasteiger partial charge in [0.25, 0.3) is 5.91 Å². The van der Waals surface area contributed by atoms with Gasteiger partial charge in [-0.15, -0.1) is 12.4 Å². The van der Waals surface area contributed by atoms with Crippen LogP contribution >= 0.6 is 35.3 Å². The first-order chi connectivity index (χ1) is 14.1. The fourth-order valence-electron chi connectivity index (χ4n) is 3.56. The summed E-state index contributed by atoms with van der Waals surface area (Å²) in [6.45, 7) is 7.03. The Balaban J connectivity index is 0.00000256. The Kier molecular flexibility index (Phi) is 8.08. The average molecular weight is 466 g/mol. The maximum atomic E-state index is 13.3. The van der Waals surface area contributed by atoms with E-state index in [1.807, 2.05) is 54.3 Å². The van der Waals surface area contributed by atoms with Gasteiger partial charge in [0.05, 0.1) is 23.4 Å². The molecule has 1 aliphatic rings. The van der Waals surface area contributed by atoms with E-state index in [1.54, 1.807) is 0 Å². The van der Waals surface area contributed by atoms with Crippen LogP contribution in [0.15, 0.2) is 42.5 Å². The molecule has 2 aromatic carbocycles. The Labute approximate surface area is 192 Å². The zero-order valence-electron chi connectivity index (χ0n) is 16.8. The molecule has 0 bridgehead atoms. The molecule has 0 unspecified atom stereocenters. The highest BCUT2D eigenvalue weighted by Gasteiger charge is 2.22. The van der Waals surface area contributed by atoms with Gasteiger partial charge < -0.3 is 4.74 Å². The van der Waals surface area contributed by atoms with Gasteiger partial charge in [-0.25, -0.2) is 4.98 Å². The summed E-state index contributed by atoms with van der Waals surface area (Å²) in [6, 6.07) is 13.2. The van der Waals surface area contributed by atoms with Crippen molar-refractivity contribution in [2.75, 3.05) is 44.3 Å². The smallest absolute Gasteiger partial charge is 0.260 e. The quantitative estimate of drug-likeness (QED) is 0.510. The molecule has 0 atom stereocenters. The molecular weight excluding hydrogens is 441 g/mol. The zero-order valence-corrected chi connectivity index (χ0v) is 19.2. The summed E-state index contributed by atoms with van der Waals surface area (Å²) >= 11 is 7.74. The minimum atomic E-state index is -0.0182. The topological polar surface area (TPSA) is 45.7 Å². The maximum absolute atomic E-state index is 13.3. The second-order valence-electron chi connectivity index (χ2n) is 7.20. The Hall–Kier alpha value is -1.70. The van der Waals surface area contributed by atoms with Crippen LogP contribution < -0.4 is 4.90 Å². The normalized spacial score (nSPS) is 14.5. The van der Waals surface area contributed by atoms with Crippen molar-refractivity contribution in [1.29, 1.82) is 0 Å². The monoisotopic (exact) mass is 465 g/mol. The molecule has 1 fully saturated rings. The predicted molar refractivity (Wildman–Crippen MR) is 127 cm³/mol. The van der Waals surface area contributed by atoms with E-state index in [2.05, 4.69) is 4.90 Å². The fraction of sp³-hybridized carbons (Fsp3) is 0.364. The van der Waals surface area contributed by atoms with Crippen LogP contribution in [-0.2, 0) is 4.74 Å². The van der Waals surface area contributed by atoms with Crippen molar-refractivity contribution in [3.8, 4) is 0 Å². The highest BCUT2D eigenvalue weighted by molar-refractivity contribution is 7.22. The highest BCUT2D eigenvalue weighted by atomic mass is 35.5. The van der Waals surface area contributed by atoms with E-state index >= 15 is 0 Å². The lowest BCUT2D eigenvalue weighted by molar-refractivity contribution is 0.0376. The summed E-state index contributed by atoms with van der Waals surface area (Å²) < 4.78 is 6.43. The van der Waals surface area contributed by atoms with Gasteiger partial charge in [0.2, 0.25) is 0 Å². The van der Waals surface area contributed by atoms with Crippen molar-refractivity contribution in [3.63, 3.8) is 0 Å². The summed E-state index contributed by atoms with van der Waals surface area (Å²) in [5.74, 6) is -0.0182. The number of carbonyl (C=O) groups excluding carboxylic acids is 1. The number of thiazole rings is 1. The van der Waals surface area contributed by atoms with Crippen LogP contribution in [0, 0.1) is 6.92 Å². The van der Waals surface area contributed by atoms with Crippen molar-refractivity contribution in [2.24, 2.45) is 0 Å². The predicted octanol–water partition coefficient (Wildman–Crippen LogP) is 5.05. The number of aryl methyl sites for hydroxylation is 1. The lowest BCUT2D eigenvalue weighted by Crippen LogP contribution is -2.39. The van der Waals surface area contributed by atoms with Crippen LogP contribution in [0.25, 0.3) is 10.2 Å². The lowest BCUT2D eigenvalue weighted by atomic mass is 10.2. The Morgan fingerprint density at radius 1 is 1.23 bits per heavy atom. The number of hydrogen-bond donors (Lipinski definition) is 0. The van der Waals surface area contributed by atoms with Crippen LogP contribution in [0.1, 0.15) is 22.3 Å². The number of aromatic nitrogens is 1. The highest BCUT2D eigenvalue weighted by Crippen LogP contribution is 2.33. The van der Waals surface area contributed by atoms with Gasteiger partial charge >= 0.3 is 0 Å². The largest absolute Gasteiger partial charge is 0.379 e. The molecule has 1 saturated heterocycles. The van der Waals surface area contributed by atoms with E-state index in [1.165, 1.54) is 11.3 Å². The van der Waals surface area contributed by atoms with E-state index in [0.29, 0.717) is 17.1 Å². The summed E-state index contributed by atoms with van der Waals surface area (Å²) in [6.07, 6.45) is 0.883. The number of carbonyl (C=O) groups is 1. The van der Waals surface area contributed by atoms with Crippen molar-refractivity contribution < 1.29 is 9.53 Å². The van der Waals surface area contributed by atoms with Gasteiger partial charge in [-0.2, -0.15) is 0 Å². The summed E-state index contributed by atoms with van der Waals surface area (Å²) in [4.78, 5) is 22.3. The third-order valence-corrected chi connectivity index (χ3v) is 6.34. The molecule has 0 radical (unpaired) electrons. The number of morpholine rings is 1. The third kappa shape index (κ3) is 5.31. The maximum Gasteiger partial charge on any atom is 0.260 e. The van der Waals surface area contributed by atoms with Gasteiger partial charge in [-0.1, -0.05) is 41.1 Å². The van der Waals surface area contributed by atoms with Gasteiger partial charge in [-0.3, -0.25) is 14.6 Å². The van der Waals surface area contributed by atoms with Crippen LogP contribution in [0.5, 0.6) is 0 Å².